The van der Waals surface area contributed by atoms with E-state index in [4.69, 9.17) is 0 Å². The molecule has 0 aliphatic carbocycles. The molecule has 0 saturated carbocycles. The van der Waals surface area contributed by atoms with E-state index in [0.29, 0.717) is 6.42 Å². The molecule has 3 rings (SSSR count). The molecule has 3 nitrogen and oxygen atoms in total. The predicted molar refractivity (Wildman–Crippen MR) is 73.2 cm³/mol. The molecule has 2 aromatic rings. The molecule has 1 aliphatic heterocycles. The highest BCUT2D eigenvalue weighted by Gasteiger charge is 2.12. The summed E-state index contributed by atoms with van der Waals surface area (Å²) in [4.78, 5) is 16.4. The number of carbonyl (C=O) groups excluding carboxylic acids is 1. The lowest BCUT2D eigenvalue weighted by Crippen LogP contribution is -2.21. The first-order valence-corrected chi connectivity index (χ1v) is 6.12. The number of amidine groups is 1. The molecule has 0 aromatic heterocycles. The number of benzene rings is 2. The molecule has 0 atom stereocenters. The Hall–Kier alpha value is -2.16. The third-order valence-corrected chi connectivity index (χ3v) is 3.14. The summed E-state index contributed by atoms with van der Waals surface area (Å²) in [5.41, 5.74) is 0.755. The Labute approximate surface area is 106 Å². The minimum atomic E-state index is 0.119. The average Bonchev–Trinajstić information content (AvgIpc) is 2.91. The van der Waals surface area contributed by atoms with Crippen LogP contribution in [0.15, 0.2) is 47.5 Å². The van der Waals surface area contributed by atoms with Gasteiger partial charge in [-0.05, 0) is 16.8 Å². The van der Waals surface area contributed by atoms with Crippen molar-refractivity contribution in [2.45, 2.75) is 6.42 Å². The number of fused-ring (bicyclic) bond motifs is 1. The maximum absolute atomic E-state index is 12.1. The number of rotatable bonds is 3. The molecular formula is C15H14N2O. The van der Waals surface area contributed by atoms with E-state index in [9.17, 15) is 4.79 Å². The van der Waals surface area contributed by atoms with Crippen LogP contribution in [0.5, 0.6) is 0 Å². The van der Waals surface area contributed by atoms with E-state index < -0.39 is 0 Å². The second kappa shape index (κ2) is 4.61. The Morgan fingerprint density at radius 3 is 2.78 bits per heavy atom. The van der Waals surface area contributed by atoms with Crippen LogP contribution < -0.4 is 5.32 Å². The van der Waals surface area contributed by atoms with Gasteiger partial charge in [0, 0.05) is 12.1 Å². The monoisotopic (exact) mass is 238 g/mol. The van der Waals surface area contributed by atoms with Crippen molar-refractivity contribution in [1.82, 2.24) is 5.32 Å². The summed E-state index contributed by atoms with van der Waals surface area (Å²) in [5, 5.41) is 5.38. The van der Waals surface area contributed by atoms with Gasteiger partial charge in [-0.3, -0.25) is 9.79 Å². The Morgan fingerprint density at radius 1 is 1.17 bits per heavy atom. The first-order chi connectivity index (χ1) is 8.83. The van der Waals surface area contributed by atoms with Gasteiger partial charge in [0.05, 0.1) is 13.0 Å². The third-order valence-electron chi connectivity index (χ3n) is 3.14. The highest BCUT2D eigenvalue weighted by Crippen LogP contribution is 2.16. The largest absolute Gasteiger partial charge is 0.372 e. The Bertz CT molecular complexity index is 631. The van der Waals surface area contributed by atoms with Crippen LogP contribution in [0, 0.1) is 0 Å². The second-order valence-corrected chi connectivity index (χ2v) is 4.42. The lowest BCUT2D eigenvalue weighted by atomic mass is 10.0. The number of nitrogens with one attached hydrogen (secondary N) is 1. The number of nitrogens with zero attached hydrogens (tertiary/aromatic N) is 1. The first-order valence-electron chi connectivity index (χ1n) is 6.12. The molecule has 0 radical (unpaired) electrons. The summed E-state index contributed by atoms with van der Waals surface area (Å²) < 4.78 is 0. The lowest BCUT2D eigenvalue weighted by Gasteiger charge is -2.04. The van der Waals surface area contributed by atoms with Crippen LogP contribution in [0.2, 0.25) is 0 Å². The SMILES string of the molecule is O=C(CC1=NCCN1)c1ccc2ccccc2c1. The van der Waals surface area contributed by atoms with Crippen molar-refractivity contribution in [2.75, 3.05) is 13.1 Å². The van der Waals surface area contributed by atoms with Crippen molar-refractivity contribution < 1.29 is 4.79 Å². The summed E-state index contributed by atoms with van der Waals surface area (Å²) in [6.45, 7) is 1.63. The van der Waals surface area contributed by atoms with Gasteiger partial charge in [-0.15, -0.1) is 0 Å². The summed E-state index contributed by atoms with van der Waals surface area (Å²) in [6.07, 6.45) is 0.373. The minimum absolute atomic E-state index is 0.119. The molecule has 18 heavy (non-hydrogen) atoms. The standard InChI is InChI=1S/C15H14N2O/c18-14(10-15-16-7-8-17-15)13-6-5-11-3-1-2-4-12(11)9-13/h1-6,9H,7-8,10H2,(H,16,17). The van der Waals surface area contributed by atoms with E-state index in [0.717, 1.165) is 35.3 Å². The Kier molecular flexibility index (Phi) is 2.81. The number of aliphatic imine (C=N–C) groups is 1. The van der Waals surface area contributed by atoms with Gasteiger partial charge in [-0.25, -0.2) is 0 Å². The summed E-state index contributed by atoms with van der Waals surface area (Å²) in [6, 6.07) is 13.9. The van der Waals surface area contributed by atoms with Crippen LogP contribution in [-0.2, 0) is 0 Å². The fraction of sp³-hybridized carbons (Fsp3) is 0.200. The van der Waals surface area contributed by atoms with Gasteiger partial charge in [0.2, 0.25) is 0 Å². The van der Waals surface area contributed by atoms with Gasteiger partial charge in [0.1, 0.15) is 5.84 Å². The van der Waals surface area contributed by atoms with Gasteiger partial charge in [0.25, 0.3) is 0 Å². The molecular weight excluding hydrogens is 224 g/mol. The van der Waals surface area contributed by atoms with Crippen molar-refractivity contribution in [3.8, 4) is 0 Å². The number of ketones is 1. The Balaban J connectivity index is 1.87. The molecule has 0 unspecified atom stereocenters. The normalized spacial score (nSPS) is 14.3. The third kappa shape index (κ3) is 2.12. The highest BCUT2D eigenvalue weighted by molar-refractivity contribution is 6.10. The van der Waals surface area contributed by atoms with Crippen LogP contribution in [-0.4, -0.2) is 24.7 Å². The van der Waals surface area contributed by atoms with Crippen LogP contribution in [0.3, 0.4) is 0 Å². The molecule has 0 spiro atoms. The van der Waals surface area contributed by atoms with E-state index >= 15 is 0 Å². The molecule has 2 aromatic carbocycles. The molecule has 0 saturated heterocycles. The van der Waals surface area contributed by atoms with E-state index in [1.807, 2.05) is 42.5 Å². The van der Waals surface area contributed by atoms with Gasteiger partial charge >= 0.3 is 0 Å². The van der Waals surface area contributed by atoms with E-state index in [1.54, 1.807) is 0 Å². The molecule has 90 valence electrons. The smallest absolute Gasteiger partial charge is 0.170 e. The summed E-state index contributed by atoms with van der Waals surface area (Å²) in [5.74, 6) is 0.932. The van der Waals surface area contributed by atoms with Gasteiger partial charge in [0.15, 0.2) is 5.78 Å². The topological polar surface area (TPSA) is 41.5 Å². The van der Waals surface area contributed by atoms with E-state index in [2.05, 4.69) is 10.3 Å². The fourth-order valence-electron chi connectivity index (χ4n) is 2.18. The quantitative estimate of drug-likeness (QED) is 0.834. The first kappa shape index (κ1) is 11.0. The predicted octanol–water partition coefficient (Wildman–Crippen LogP) is 2.41. The number of hydrogen-bond acceptors (Lipinski definition) is 3. The summed E-state index contributed by atoms with van der Waals surface area (Å²) in [7, 11) is 0. The maximum Gasteiger partial charge on any atom is 0.170 e. The zero-order valence-electron chi connectivity index (χ0n) is 10.0. The van der Waals surface area contributed by atoms with Crippen molar-refractivity contribution in [2.24, 2.45) is 4.99 Å². The molecule has 0 fully saturated rings. The fourth-order valence-corrected chi connectivity index (χ4v) is 2.18. The highest BCUT2D eigenvalue weighted by atomic mass is 16.1. The van der Waals surface area contributed by atoms with Crippen molar-refractivity contribution in [3.05, 3.63) is 48.0 Å². The second-order valence-electron chi connectivity index (χ2n) is 4.42. The molecule has 0 bridgehead atoms. The summed E-state index contributed by atoms with van der Waals surface area (Å²) >= 11 is 0. The minimum Gasteiger partial charge on any atom is -0.372 e. The van der Waals surface area contributed by atoms with Crippen molar-refractivity contribution in [1.29, 1.82) is 0 Å². The molecule has 0 amide bonds. The number of hydrogen-bond donors (Lipinski definition) is 1. The van der Waals surface area contributed by atoms with Crippen molar-refractivity contribution in [3.63, 3.8) is 0 Å². The van der Waals surface area contributed by atoms with Gasteiger partial charge in [-0.2, -0.15) is 0 Å². The van der Waals surface area contributed by atoms with Crippen LogP contribution in [0.25, 0.3) is 10.8 Å². The zero-order chi connectivity index (χ0) is 12.4. The van der Waals surface area contributed by atoms with Crippen LogP contribution in [0.4, 0.5) is 0 Å². The van der Waals surface area contributed by atoms with E-state index in [1.165, 1.54) is 0 Å². The van der Waals surface area contributed by atoms with Gasteiger partial charge in [-0.1, -0.05) is 36.4 Å². The number of Topliss-reactive ketones (excluding diaryl/α,β-unsaturated/α-hetero) is 1. The van der Waals surface area contributed by atoms with Crippen LogP contribution >= 0.6 is 0 Å². The van der Waals surface area contributed by atoms with Crippen molar-refractivity contribution >= 4 is 22.4 Å². The number of carbonyl (C=O) groups is 1. The molecule has 1 aliphatic rings. The van der Waals surface area contributed by atoms with Crippen LogP contribution in [0.1, 0.15) is 16.8 Å². The van der Waals surface area contributed by atoms with Gasteiger partial charge < -0.3 is 5.32 Å². The zero-order valence-corrected chi connectivity index (χ0v) is 10.0. The molecule has 1 heterocycles. The Morgan fingerprint density at radius 2 is 2.00 bits per heavy atom. The van der Waals surface area contributed by atoms with E-state index in [-0.39, 0.29) is 5.78 Å². The average molecular weight is 238 g/mol. The maximum atomic E-state index is 12.1. The lowest BCUT2D eigenvalue weighted by molar-refractivity contribution is 0.1000. The molecule has 3 heteroatoms. The molecule has 1 N–H and O–H groups in total.